The van der Waals surface area contributed by atoms with Gasteiger partial charge in [-0.15, -0.1) is 20.4 Å². The maximum Gasteiger partial charge on any atom is 0.358 e. The number of hydrogen-bond acceptors (Lipinski definition) is 12. The summed E-state index contributed by atoms with van der Waals surface area (Å²) < 4.78 is 19.9. The number of ether oxygens (including phenoxy) is 1. The number of para-hydroxylation sites is 3. The normalized spacial score (nSPS) is 14.8. The van der Waals surface area contributed by atoms with Crippen LogP contribution in [0.15, 0.2) is 143 Å². The Morgan fingerprint density at radius 2 is 1.27 bits per heavy atom. The fraction of sp³-hybridized carbons (Fsp3) is 0.163. The van der Waals surface area contributed by atoms with Crippen molar-refractivity contribution in [1.82, 2.24) is 45.2 Å². The molecule has 0 spiro atoms. The number of amides is 1. The molecule has 2 aliphatic rings. The molecule has 8 aromatic rings. The van der Waals surface area contributed by atoms with Crippen LogP contribution in [0.1, 0.15) is 79.3 Å². The van der Waals surface area contributed by atoms with Gasteiger partial charge in [-0.3, -0.25) is 13.9 Å². The summed E-state index contributed by atoms with van der Waals surface area (Å²) in [6.45, 7) is 0.232. The number of nitrogens with two attached hydrogens (primary N) is 1. The van der Waals surface area contributed by atoms with E-state index in [2.05, 4.69) is 54.2 Å². The topological polar surface area (TPSA) is 215 Å². The molecule has 0 saturated heterocycles. The fourth-order valence-electron chi connectivity index (χ4n) is 6.71. The van der Waals surface area contributed by atoms with Gasteiger partial charge < -0.3 is 29.9 Å². The molecule has 16 nitrogen and oxygen atoms in total. The molecular formula is C43H38N10O6. The molecule has 2 aliphatic heterocycles. The predicted molar refractivity (Wildman–Crippen MR) is 212 cm³/mol. The molecule has 0 saturated carbocycles. The van der Waals surface area contributed by atoms with E-state index in [9.17, 15) is 9.59 Å². The number of nitrogens with zero attached hydrogens (tertiary/aromatic N) is 8. The molecule has 1 amide bonds. The molecule has 0 fully saturated rings. The number of carbonyl (C=O) groups excluding carboxylic acids is 1. The van der Waals surface area contributed by atoms with E-state index in [1.54, 1.807) is 18.7 Å². The minimum absolute atomic E-state index is 0.0140. The second kappa shape index (κ2) is 17.6. The van der Waals surface area contributed by atoms with Gasteiger partial charge in [-0.05, 0) is 47.7 Å². The van der Waals surface area contributed by atoms with Crippen molar-refractivity contribution in [1.29, 1.82) is 0 Å². The van der Waals surface area contributed by atoms with Crippen molar-refractivity contribution in [2.75, 3.05) is 6.61 Å². The Bertz CT molecular complexity index is 2650. The first-order valence-corrected chi connectivity index (χ1v) is 18.8. The number of benzene rings is 4. The highest BCUT2D eigenvalue weighted by Crippen LogP contribution is 2.30. The van der Waals surface area contributed by atoms with Crippen LogP contribution in [0.5, 0.6) is 5.75 Å². The lowest BCUT2D eigenvalue weighted by Gasteiger charge is -2.14. The summed E-state index contributed by atoms with van der Waals surface area (Å²) in [5, 5.41) is 35.1. The van der Waals surface area contributed by atoms with Crippen LogP contribution < -0.4 is 15.8 Å². The zero-order chi connectivity index (χ0) is 40.6. The number of carboxylic acid groups (broad SMARTS) is 1. The molecule has 4 aromatic heterocycles. The number of rotatable bonds is 7. The number of carboxylic acids is 1. The standard InChI is InChI=1S/C21H17N5O3.C11H12N4.C11H9NO3/c27-21(16-11-15(29-25-16)10-14-6-2-1-3-7-14)23-17-12-28-19-9-5-4-8-18(19)26-13-22-24-20(17)26;12-9-6-5-8-3-1-2-4-10(8)15-7-13-14-11(9)15;13-11(14)10-7-9(15-12-10)6-8-4-2-1-3-5-8/h1-9,11,13,17H,10,12H2,(H,23,27);1-4,7,9H,5-6,12H2;1-5,7H,6H2,(H,13,14)/t17-;9-;/m00./s1. The first-order valence-electron chi connectivity index (χ1n) is 18.8. The van der Waals surface area contributed by atoms with E-state index in [-0.39, 0.29) is 29.9 Å². The molecule has 59 heavy (non-hydrogen) atoms. The highest BCUT2D eigenvalue weighted by Gasteiger charge is 2.28. The summed E-state index contributed by atoms with van der Waals surface area (Å²) in [4.78, 5) is 23.3. The Kier molecular flexibility index (Phi) is 11.4. The van der Waals surface area contributed by atoms with E-state index in [1.165, 1.54) is 11.6 Å². The molecule has 4 N–H and O–H groups in total. The lowest BCUT2D eigenvalue weighted by Crippen LogP contribution is -2.33. The summed E-state index contributed by atoms with van der Waals surface area (Å²) in [5.41, 5.74) is 11.6. The van der Waals surface area contributed by atoms with E-state index in [1.807, 2.05) is 100 Å². The molecule has 296 valence electrons. The van der Waals surface area contributed by atoms with Gasteiger partial charge in [0.2, 0.25) is 0 Å². The molecule has 6 heterocycles. The number of fused-ring (bicyclic) bond motifs is 6. The Morgan fingerprint density at radius 3 is 1.93 bits per heavy atom. The molecule has 0 bridgehead atoms. The van der Waals surface area contributed by atoms with Gasteiger partial charge in [-0.1, -0.05) is 101 Å². The molecule has 0 unspecified atom stereocenters. The first kappa shape index (κ1) is 38.2. The molecule has 0 aliphatic carbocycles. The zero-order valence-electron chi connectivity index (χ0n) is 31.5. The predicted octanol–water partition coefficient (Wildman–Crippen LogP) is 5.89. The van der Waals surface area contributed by atoms with Crippen molar-refractivity contribution in [3.63, 3.8) is 0 Å². The smallest absolute Gasteiger partial charge is 0.358 e. The number of aryl methyl sites for hydroxylation is 1. The summed E-state index contributed by atoms with van der Waals surface area (Å²) >= 11 is 0. The molecule has 0 radical (unpaired) electrons. The highest BCUT2D eigenvalue weighted by molar-refractivity contribution is 5.92. The quantitative estimate of drug-likeness (QED) is 0.172. The summed E-state index contributed by atoms with van der Waals surface area (Å²) in [6.07, 6.45) is 6.39. The average Bonchev–Trinajstić information content (AvgIpc) is 4.10. The van der Waals surface area contributed by atoms with Crippen molar-refractivity contribution in [2.45, 2.75) is 37.8 Å². The zero-order valence-corrected chi connectivity index (χ0v) is 31.5. The number of nitrogens with one attached hydrogen (secondary N) is 1. The van der Waals surface area contributed by atoms with E-state index < -0.39 is 12.0 Å². The number of hydrogen-bond donors (Lipinski definition) is 3. The van der Waals surface area contributed by atoms with Gasteiger partial charge in [-0.2, -0.15) is 0 Å². The Hall–Kier alpha value is -7.72. The monoisotopic (exact) mass is 790 g/mol. The lowest BCUT2D eigenvalue weighted by molar-refractivity contribution is 0.0685. The highest BCUT2D eigenvalue weighted by atomic mass is 16.5. The van der Waals surface area contributed by atoms with E-state index >= 15 is 0 Å². The van der Waals surface area contributed by atoms with Crippen LogP contribution in [0.4, 0.5) is 0 Å². The van der Waals surface area contributed by atoms with Gasteiger partial charge in [0.1, 0.15) is 42.6 Å². The van der Waals surface area contributed by atoms with Crippen LogP contribution >= 0.6 is 0 Å². The Morgan fingerprint density at radius 1 is 0.712 bits per heavy atom. The third kappa shape index (κ3) is 8.97. The molecule has 16 heteroatoms. The van der Waals surface area contributed by atoms with E-state index in [0.29, 0.717) is 35.9 Å². The number of carbonyl (C=O) groups is 2. The third-order valence-corrected chi connectivity index (χ3v) is 9.62. The van der Waals surface area contributed by atoms with Crippen molar-refractivity contribution >= 4 is 11.9 Å². The fourth-order valence-corrected chi connectivity index (χ4v) is 6.71. The second-order valence-electron chi connectivity index (χ2n) is 13.7. The van der Waals surface area contributed by atoms with Crippen LogP contribution in [0, 0.1) is 0 Å². The van der Waals surface area contributed by atoms with Crippen LogP contribution in [0.25, 0.3) is 11.4 Å². The first-order chi connectivity index (χ1) is 28.9. The third-order valence-electron chi connectivity index (χ3n) is 9.62. The van der Waals surface area contributed by atoms with Crippen molar-refractivity contribution in [2.24, 2.45) is 5.73 Å². The van der Waals surface area contributed by atoms with Crippen LogP contribution in [-0.2, 0) is 19.3 Å². The Balaban J connectivity index is 0.000000136. The van der Waals surface area contributed by atoms with Gasteiger partial charge in [0.15, 0.2) is 23.0 Å². The molecule has 2 atom stereocenters. The van der Waals surface area contributed by atoms with Crippen LogP contribution in [0.2, 0.25) is 0 Å². The van der Waals surface area contributed by atoms with Crippen molar-refractivity contribution in [3.8, 4) is 17.1 Å². The molecular weight excluding hydrogens is 753 g/mol. The van der Waals surface area contributed by atoms with Gasteiger partial charge in [-0.25, -0.2) is 4.79 Å². The second-order valence-corrected chi connectivity index (χ2v) is 13.7. The Labute approximate surface area is 337 Å². The minimum atomic E-state index is -1.07. The maximum absolute atomic E-state index is 12.7. The average molecular weight is 791 g/mol. The van der Waals surface area contributed by atoms with E-state index in [0.717, 1.165) is 41.2 Å². The van der Waals surface area contributed by atoms with Gasteiger partial charge in [0.05, 0.1) is 17.4 Å². The summed E-state index contributed by atoms with van der Waals surface area (Å²) in [7, 11) is 0. The lowest BCUT2D eigenvalue weighted by atomic mass is 10.1. The van der Waals surface area contributed by atoms with Gasteiger partial charge in [0, 0.05) is 25.0 Å². The molecule has 10 rings (SSSR count). The van der Waals surface area contributed by atoms with Crippen LogP contribution in [0.3, 0.4) is 0 Å². The minimum Gasteiger partial charge on any atom is -0.489 e. The number of aromatic carboxylic acids is 1. The SMILES string of the molecule is N[C@H]1CCc2ccccc2-n2cnnc21.O=C(N[C@H]1COc2ccccc2-n2cnnc21)c1cc(Cc2ccccc2)on1.O=C(O)c1cc(Cc2ccccc2)on1. The van der Waals surface area contributed by atoms with Gasteiger partial charge in [0.25, 0.3) is 5.91 Å². The largest absolute Gasteiger partial charge is 0.489 e. The molecule has 4 aromatic carbocycles. The number of aromatic nitrogens is 8. The van der Waals surface area contributed by atoms with Crippen molar-refractivity contribution in [3.05, 3.63) is 185 Å². The maximum atomic E-state index is 12.7. The van der Waals surface area contributed by atoms with Gasteiger partial charge >= 0.3 is 5.97 Å². The van der Waals surface area contributed by atoms with Crippen LogP contribution in [-0.4, -0.2) is 63.4 Å². The summed E-state index contributed by atoms with van der Waals surface area (Å²) in [6, 6.07) is 38.0. The summed E-state index contributed by atoms with van der Waals surface area (Å²) in [5.74, 6) is 1.90. The van der Waals surface area contributed by atoms with Crippen molar-refractivity contribution < 1.29 is 28.5 Å². The van der Waals surface area contributed by atoms with E-state index in [4.69, 9.17) is 24.6 Å².